The minimum absolute atomic E-state index is 0.378. The number of nitrogens with zero attached hydrogens (tertiary/aromatic N) is 2. The first-order valence-electron chi connectivity index (χ1n) is 6.66. The van der Waals surface area contributed by atoms with E-state index in [0.29, 0.717) is 16.7 Å². The molecule has 0 aliphatic rings. The first kappa shape index (κ1) is 15.9. The highest BCUT2D eigenvalue weighted by atomic mass is 16.5. The van der Waals surface area contributed by atoms with E-state index in [1.807, 2.05) is 6.07 Å². The normalized spacial score (nSPS) is 10.1. The maximum atomic E-state index is 11.8. The molecule has 0 saturated carbocycles. The fraction of sp³-hybridized carbons (Fsp3) is 0.0588. The topological polar surface area (TPSA) is 91.5 Å². The molecule has 0 fully saturated rings. The lowest BCUT2D eigenvalue weighted by molar-refractivity contribution is 0.0600. The largest absolute Gasteiger partial charge is 0.465 e. The number of rotatable bonds is 4. The van der Waals surface area contributed by atoms with Crippen LogP contribution < -0.4 is 5.43 Å². The van der Waals surface area contributed by atoms with Crippen molar-refractivity contribution in [3.63, 3.8) is 0 Å². The van der Waals surface area contributed by atoms with Gasteiger partial charge >= 0.3 is 5.97 Å². The molecule has 1 amide bonds. The van der Waals surface area contributed by atoms with Gasteiger partial charge in [0.2, 0.25) is 0 Å². The van der Waals surface area contributed by atoms with Gasteiger partial charge in [-0.2, -0.15) is 10.4 Å². The van der Waals surface area contributed by atoms with Crippen LogP contribution in [0.3, 0.4) is 0 Å². The summed E-state index contributed by atoms with van der Waals surface area (Å²) in [6.45, 7) is 0. The molecule has 114 valence electrons. The quantitative estimate of drug-likeness (QED) is 0.532. The van der Waals surface area contributed by atoms with Crippen molar-refractivity contribution in [2.24, 2.45) is 5.10 Å². The SMILES string of the molecule is COC(=O)c1ccc(/C=N\NC(=O)c2ccc(C#N)cc2)cc1. The Balaban J connectivity index is 1.96. The third-order valence-electron chi connectivity index (χ3n) is 2.99. The third-order valence-corrected chi connectivity index (χ3v) is 2.99. The maximum Gasteiger partial charge on any atom is 0.337 e. The Hall–Kier alpha value is -3.46. The van der Waals surface area contributed by atoms with Gasteiger partial charge in [-0.3, -0.25) is 4.79 Å². The average Bonchev–Trinajstić information content (AvgIpc) is 2.61. The van der Waals surface area contributed by atoms with Gasteiger partial charge in [0.15, 0.2) is 0 Å². The molecule has 2 aromatic rings. The van der Waals surface area contributed by atoms with Crippen LogP contribution in [0.5, 0.6) is 0 Å². The fourth-order valence-electron chi connectivity index (χ4n) is 1.75. The Morgan fingerprint density at radius 2 is 1.70 bits per heavy atom. The van der Waals surface area contributed by atoms with Crippen LogP contribution in [0.25, 0.3) is 0 Å². The summed E-state index contributed by atoms with van der Waals surface area (Å²) < 4.78 is 4.60. The van der Waals surface area contributed by atoms with Gasteiger partial charge in [-0.05, 0) is 42.0 Å². The first-order chi connectivity index (χ1) is 11.1. The van der Waals surface area contributed by atoms with Gasteiger partial charge in [-0.15, -0.1) is 0 Å². The van der Waals surface area contributed by atoms with E-state index in [4.69, 9.17) is 5.26 Å². The summed E-state index contributed by atoms with van der Waals surface area (Å²) in [7, 11) is 1.32. The Bertz CT molecular complexity index is 772. The second-order valence-electron chi connectivity index (χ2n) is 4.50. The molecule has 0 aliphatic carbocycles. The van der Waals surface area contributed by atoms with Crippen molar-refractivity contribution in [3.8, 4) is 6.07 Å². The zero-order chi connectivity index (χ0) is 16.7. The number of hydrogen-bond acceptors (Lipinski definition) is 5. The van der Waals surface area contributed by atoms with Crippen molar-refractivity contribution in [3.05, 3.63) is 70.8 Å². The Morgan fingerprint density at radius 1 is 1.09 bits per heavy atom. The van der Waals surface area contributed by atoms with E-state index in [1.54, 1.807) is 48.5 Å². The lowest BCUT2D eigenvalue weighted by atomic mass is 10.1. The molecule has 1 N–H and O–H groups in total. The number of nitrogens with one attached hydrogen (secondary N) is 1. The lowest BCUT2D eigenvalue weighted by Gasteiger charge is -2.00. The molecule has 0 heterocycles. The molecular weight excluding hydrogens is 294 g/mol. The zero-order valence-electron chi connectivity index (χ0n) is 12.3. The molecule has 2 aromatic carbocycles. The molecule has 0 saturated heterocycles. The molecule has 0 spiro atoms. The molecule has 0 aliphatic heterocycles. The number of amides is 1. The molecule has 0 bridgehead atoms. The predicted octanol–water partition coefficient (Wildman–Crippen LogP) is 2.11. The Kier molecular flexibility index (Phi) is 5.21. The minimum atomic E-state index is -0.414. The number of ether oxygens (including phenoxy) is 1. The standard InChI is InChI=1S/C17H13N3O3/c1-23-17(22)15-8-4-13(5-9-15)11-19-20-16(21)14-6-2-12(10-18)3-7-14/h2-9,11H,1H3,(H,20,21)/b19-11-. The van der Waals surface area contributed by atoms with Crippen LogP contribution in [0, 0.1) is 11.3 Å². The molecule has 0 aromatic heterocycles. The van der Waals surface area contributed by atoms with Crippen molar-refractivity contribution in [1.29, 1.82) is 5.26 Å². The van der Waals surface area contributed by atoms with Crippen LogP contribution in [-0.4, -0.2) is 25.2 Å². The number of nitriles is 1. The van der Waals surface area contributed by atoms with Crippen molar-refractivity contribution in [1.82, 2.24) is 5.43 Å². The molecule has 6 heteroatoms. The second-order valence-corrected chi connectivity index (χ2v) is 4.50. The first-order valence-corrected chi connectivity index (χ1v) is 6.66. The van der Waals surface area contributed by atoms with Gasteiger partial charge in [0.1, 0.15) is 0 Å². The van der Waals surface area contributed by atoms with Crippen LogP contribution in [-0.2, 0) is 4.74 Å². The Labute approximate surface area is 133 Å². The molecule has 23 heavy (non-hydrogen) atoms. The van der Waals surface area contributed by atoms with Crippen LogP contribution in [0.4, 0.5) is 0 Å². The molecule has 0 unspecified atom stereocenters. The second kappa shape index (κ2) is 7.52. The summed E-state index contributed by atoms with van der Waals surface area (Å²) in [5.74, 6) is -0.792. The molecular formula is C17H13N3O3. The van der Waals surface area contributed by atoms with E-state index in [-0.39, 0.29) is 5.91 Å². The number of methoxy groups -OCH3 is 1. The number of carbonyl (C=O) groups is 2. The lowest BCUT2D eigenvalue weighted by Crippen LogP contribution is -2.17. The van der Waals surface area contributed by atoms with E-state index in [9.17, 15) is 9.59 Å². The summed E-state index contributed by atoms with van der Waals surface area (Å²) in [4.78, 5) is 23.1. The van der Waals surface area contributed by atoms with Crippen LogP contribution in [0.2, 0.25) is 0 Å². The van der Waals surface area contributed by atoms with E-state index in [1.165, 1.54) is 13.3 Å². The zero-order valence-corrected chi connectivity index (χ0v) is 12.3. The Morgan fingerprint density at radius 3 is 2.26 bits per heavy atom. The average molecular weight is 307 g/mol. The highest BCUT2D eigenvalue weighted by Gasteiger charge is 2.05. The van der Waals surface area contributed by atoms with E-state index in [0.717, 1.165) is 5.56 Å². The smallest absolute Gasteiger partial charge is 0.337 e. The van der Waals surface area contributed by atoms with Gasteiger partial charge in [-0.1, -0.05) is 12.1 Å². The van der Waals surface area contributed by atoms with Crippen molar-refractivity contribution in [2.75, 3.05) is 7.11 Å². The third kappa shape index (κ3) is 4.25. The van der Waals surface area contributed by atoms with Crippen LogP contribution >= 0.6 is 0 Å². The van der Waals surface area contributed by atoms with Gasteiger partial charge < -0.3 is 4.74 Å². The highest BCUT2D eigenvalue weighted by molar-refractivity contribution is 5.95. The van der Waals surface area contributed by atoms with Crippen molar-refractivity contribution < 1.29 is 14.3 Å². The number of hydrazone groups is 1. The molecule has 2 rings (SSSR count). The van der Waals surface area contributed by atoms with Gasteiger partial charge in [0.25, 0.3) is 5.91 Å². The van der Waals surface area contributed by atoms with Crippen molar-refractivity contribution >= 4 is 18.1 Å². The highest BCUT2D eigenvalue weighted by Crippen LogP contribution is 2.05. The summed E-state index contributed by atoms with van der Waals surface area (Å²) in [5, 5.41) is 12.6. The summed E-state index contributed by atoms with van der Waals surface area (Å²) in [6, 6.07) is 14.8. The number of esters is 1. The molecule has 0 atom stereocenters. The van der Waals surface area contributed by atoms with Crippen LogP contribution in [0.1, 0.15) is 31.8 Å². The number of hydrogen-bond donors (Lipinski definition) is 1. The van der Waals surface area contributed by atoms with Gasteiger partial charge in [0.05, 0.1) is 30.5 Å². The van der Waals surface area contributed by atoms with Crippen LogP contribution in [0.15, 0.2) is 53.6 Å². The van der Waals surface area contributed by atoms with E-state index >= 15 is 0 Å². The maximum absolute atomic E-state index is 11.8. The molecule has 6 nitrogen and oxygen atoms in total. The number of carbonyl (C=O) groups excluding carboxylic acids is 2. The fourth-order valence-corrected chi connectivity index (χ4v) is 1.75. The minimum Gasteiger partial charge on any atom is -0.465 e. The number of benzene rings is 2. The summed E-state index contributed by atoms with van der Waals surface area (Å²) in [6.07, 6.45) is 1.46. The monoisotopic (exact) mass is 307 g/mol. The molecule has 0 radical (unpaired) electrons. The van der Waals surface area contributed by atoms with Gasteiger partial charge in [-0.25, -0.2) is 10.2 Å². The summed E-state index contributed by atoms with van der Waals surface area (Å²) >= 11 is 0. The summed E-state index contributed by atoms with van der Waals surface area (Å²) in [5.41, 5.74) is 4.43. The predicted molar refractivity (Wildman–Crippen MR) is 84.0 cm³/mol. The van der Waals surface area contributed by atoms with Crippen molar-refractivity contribution in [2.45, 2.75) is 0 Å². The van der Waals surface area contributed by atoms with Gasteiger partial charge in [0, 0.05) is 5.56 Å². The van der Waals surface area contributed by atoms with E-state index in [2.05, 4.69) is 15.3 Å². The van der Waals surface area contributed by atoms with E-state index < -0.39 is 5.97 Å².